The SMILES string of the molecule is COc1cccc2c1NCCC2C1CCCC1. The highest BCUT2D eigenvalue weighted by molar-refractivity contribution is 5.64. The molecule has 1 saturated carbocycles. The van der Waals surface area contributed by atoms with Crippen molar-refractivity contribution in [3.05, 3.63) is 23.8 Å². The highest BCUT2D eigenvalue weighted by atomic mass is 16.5. The van der Waals surface area contributed by atoms with E-state index in [4.69, 9.17) is 4.74 Å². The Bertz CT molecular complexity index is 396. The van der Waals surface area contributed by atoms with Crippen molar-refractivity contribution in [3.8, 4) is 5.75 Å². The molecule has 17 heavy (non-hydrogen) atoms. The minimum absolute atomic E-state index is 0.754. The fourth-order valence-electron chi connectivity index (χ4n) is 3.57. The van der Waals surface area contributed by atoms with Crippen molar-refractivity contribution in [2.24, 2.45) is 5.92 Å². The van der Waals surface area contributed by atoms with Crippen molar-refractivity contribution < 1.29 is 4.74 Å². The van der Waals surface area contributed by atoms with E-state index in [-0.39, 0.29) is 0 Å². The lowest BCUT2D eigenvalue weighted by Gasteiger charge is -2.31. The van der Waals surface area contributed by atoms with Gasteiger partial charge in [0, 0.05) is 6.54 Å². The highest BCUT2D eigenvalue weighted by Crippen LogP contribution is 2.46. The fourth-order valence-corrected chi connectivity index (χ4v) is 3.57. The molecule has 1 aromatic carbocycles. The zero-order valence-electron chi connectivity index (χ0n) is 10.5. The van der Waals surface area contributed by atoms with Gasteiger partial charge in [-0.1, -0.05) is 25.0 Å². The molecule has 1 atom stereocenters. The van der Waals surface area contributed by atoms with Crippen LogP contribution in [0.25, 0.3) is 0 Å². The summed E-state index contributed by atoms with van der Waals surface area (Å²) in [7, 11) is 1.76. The van der Waals surface area contributed by atoms with Crippen LogP contribution in [0.1, 0.15) is 43.6 Å². The van der Waals surface area contributed by atoms with Crippen molar-refractivity contribution in [1.82, 2.24) is 0 Å². The number of benzene rings is 1. The van der Waals surface area contributed by atoms with Gasteiger partial charge in [0.05, 0.1) is 12.8 Å². The minimum Gasteiger partial charge on any atom is -0.495 e. The maximum absolute atomic E-state index is 5.46. The van der Waals surface area contributed by atoms with Crippen LogP contribution in [0.4, 0.5) is 5.69 Å². The summed E-state index contributed by atoms with van der Waals surface area (Å²) in [4.78, 5) is 0. The van der Waals surface area contributed by atoms with E-state index in [1.165, 1.54) is 43.4 Å². The molecule has 0 amide bonds. The van der Waals surface area contributed by atoms with Crippen LogP contribution in [0.5, 0.6) is 5.75 Å². The third kappa shape index (κ3) is 1.90. The molecule has 1 fully saturated rings. The van der Waals surface area contributed by atoms with E-state index in [1.54, 1.807) is 7.11 Å². The second kappa shape index (κ2) is 4.59. The average Bonchev–Trinajstić information content (AvgIpc) is 2.91. The third-order valence-corrected chi connectivity index (χ3v) is 4.40. The van der Waals surface area contributed by atoms with Crippen LogP contribution in [-0.4, -0.2) is 13.7 Å². The molecule has 0 aromatic heterocycles. The number of rotatable bonds is 2. The van der Waals surface area contributed by atoms with Crippen molar-refractivity contribution >= 4 is 5.69 Å². The highest BCUT2D eigenvalue weighted by Gasteiger charge is 2.30. The molecule has 1 N–H and O–H groups in total. The van der Waals surface area contributed by atoms with Gasteiger partial charge < -0.3 is 10.1 Å². The molecule has 1 aliphatic heterocycles. The minimum atomic E-state index is 0.754. The largest absolute Gasteiger partial charge is 0.495 e. The summed E-state index contributed by atoms with van der Waals surface area (Å²) >= 11 is 0. The predicted octanol–water partition coefficient (Wildman–Crippen LogP) is 3.78. The molecular weight excluding hydrogens is 210 g/mol. The molecule has 1 unspecified atom stereocenters. The number of ether oxygens (including phenoxy) is 1. The number of hydrogen-bond donors (Lipinski definition) is 1. The fraction of sp³-hybridized carbons (Fsp3) is 0.600. The molecule has 2 aliphatic rings. The Morgan fingerprint density at radius 2 is 2.00 bits per heavy atom. The summed E-state index contributed by atoms with van der Waals surface area (Å²) in [5.41, 5.74) is 2.74. The summed E-state index contributed by atoms with van der Waals surface area (Å²) in [5.74, 6) is 2.66. The van der Waals surface area contributed by atoms with E-state index >= 15 is 0 Å². The predicted molar refractivity (Wildman–Crippen MR) is 70.8 cm³/mol. The molecule has 3 rings (SSSR count). The Hall–Kier alpha value is -1.18. The summed E-state index contributed by atoms with van der Waals surface area (Å²) < 4.78 is 5.46. The quantitative estimate of drug-likeness (QED) is 0.836. The van der Waals surface area contributed by atoms with Gasteiger partial charge in [0.25, 0.3) is 0 Å². The van der Waals surface area contributed by atoms with Gasteiger partial charge in [-0.25, -0.2) is 0 Å². The van der Waals surface area contributed by atoms with E-state index in [0.29, 0.717) is 0 Å². The van der Waals surface area contributed by atoms with Crippen LogP contribution < -0.4 is 10.1 Å². The first-order chi connectivity index (χ1) is 8.40. The van der Waals surface area contributed by atoms with E-state index in [9.17, 15) is 0 Å². The van der Waals surface area contributed by atoms with Crippen LogP contribution in [0.2, 0.25) is 0 Å². The van der Waals surface area contributed by atoms with Gasteiger partial charge >= 0.3 is 0 Å². The summed E-state index contributed by atoms with van der Waals surface area (Å²) in [6, 6.07) is 6.47. The molecule has 1 heterocycles. The number of fused-ring (bicyclic) bond motifs is 1. The van der Waals surface area contributed by atoms with Gasteiger partial charge in [0.1, 0.15) is 5.75 Å². The van der Waals surface area contributed by atoms with Crippen molar-refractivity contribution in [1.29, 1.82) is 0 Å². The molecule has 2 nitrogen and oxygen atoms in total. The van der Waals surface area contributed by atoms with Crippen LogP contribution in [-0.2, 0) is 0 Å². The van der Waals surface area contributed by atoms with Gasteiger partial charge in [-0.05, 0) is 42.7 Å². The molecule has 0 saturated heterocycles. The van der Waals surface area contributed by atoms with Crippen LogP contribution in [0.15, 0.2) is 18.2 Å². The number of anilines is 1. The molecule has 2 heteroatoms. The normalized spacial score (nSPS) is 24.2. The maximum atomic E-state index is 5.46. The lowest BCUT2D eigenvalue weighted by Crippen LogP contribution is -2.22. The number of methoxy groups -OCH3 is 1. The number of para-hydroxylation sites is 1. The van der Waals surface area contributed by atoms with Gasteiger partial charge in [-0.3, -0.25) is 0 Å². The smallest absolute Gasteiger partial charge is 0.142 e. The van der Waals surface area contributed by atoms with Crippen molar-refractivity contribution in [2.75, 3.05) is 19.0 Å². The van der Waals surface area contributed by atoms with Gasteiger partial charge in [0.15, 0.2) is 0 Å². The first-order valence-corrected chi connectivity index (χ1v) is 6.81. The topological polar surface area (TPSA) is 21.3 Å². The lowest BCUT2D eigenvalue weighted by molar-refractivity contribution is 0.397. The van der Waals surface area contributed by atoms with Crippen molar-refractivity contribution in [3.63, 3.8) is 0 Å². The second-order valence-electron chi connectivity index (χ2n) is 5.29. The van der Waals surface area contributed by atoms with Gasteiger partial charge in [0.2, 0.25) is 0 Å². The molecule has 1 aliphatic carbocycles. The van der Waals surface area contributed by atoms with Crippen LogP contribution in [0.3, 0.4) is 0 Å². The van der Waals surface area contributed by atoms with Gasteiger partial charge in [-0.2, -0.15) is 0 Å². The Morgan fingerprint density at radius 3 is 2.76 bits per heavy atom. The Labute approximate surface area is 103 Å². The summed E-state index contributed by atoms with van der Waals surface area (Å²) in [6.45, 7) is 1.09. The van der Waals surface area contributed by atoms with Crippen LogP contribution >= 0.6 is 0 Å². The molecule has 0 bridgehead atoms. The average molecular weight is 231 g/mol. The standard InChI is InChI=1S/C15H21NO/c1-17-14-8-4-7-13-12(9-10-16-15(13)14)11-5-2-3-6-11/h4,7-8,11-12,16H,2-3,5-6,9-10H2,1H3. The van der Waals surface area contributed by atoms with E-state index in [2.05, 4.69) is 23.5 Å². The molecule has 0 radical (unpaired) electrons. The summed E-state index contributed by atoms with van der Waals surface area (Å²) in [6.07, 6.45) is 6.97. The summed E-state index contributed by atoms with van der Waals surface area (Å²) in [5, 5.41) is 3.51. The van der Waals surface area contributed by atoms with Gasteiger partial charge in [-0.15, -0.1) is 0 Å². The lowest BCUT2D eigenvalue weighted by atomic mass is 9.80. The molecule has 1 aromatic rings. The molecule has 0 spiro atoms. The van der Waals surface area contributed by atoms with Crippen LogP contribution in [0, 0.1) is 5.92 Å². The Kier molecular flexibility index (Phi) is 2.96. The third-order valence-electron chi connectivity index (χ3n) is 4.40. The maximum Gasteiger partial charge on any atom is 0.142 e. The second-order valence-corrected chi connectivity index (χ2v) is 5.29. The zero-order valence-corrected chi connectivity index (χ0v) is 10.5. The molecule has 92 valence electrons. The number of nitrogens with one attached hydrogen (secondary N) is 1. The Morgan fingerprint density at radius 1 is 1.18 bits per heavy atom. The first-order valence-electron chi connectivity index (χ1n) is 6.81. The van der Waals surface area contributed by atoms with E-state index < -0.39 is 0 Å². The van der Waals surface area contributed by atoms with Crippen molar-refractivity contribution in [2.45, 2.75) is 38.0 Å². The Balaban J connectivity index is 1.95. The molecular formula is C15H21NO. The monoisotopic (exact) mass is 231 g/mol. The number of hydrogen-bond acceptors (Lipinski definition) is 2. The van der Waals surface area contributed by atoms with E-state index in [0.717, 1.165) is 24.1 Å². The zero-order chi connectivity index (χ0) is 11.7. The first kappa shape index (κ1) is 10.9. The van der Waals surface area contributed by atoms with E-state index in [1.807, 2.05) is 0 Å².